The summed E-state index contributed by atoms with van der Waals surface area (Å²) in [6.45, 7) is 5.39. The maximum Gasteiger partial charge on any atom is 0.0849 e. The van der Waals surface area contributed by atoms with Gasteiger partial charge < -0.3 is 5.32 Å². The Kier molecular flexibility index (Phi) is 5.29. The highest BCUT2D eigenvalue weighted by Crippen LogP contribution is 2.23. The lowest BCUT2D eigenvalue weighted by Gasteiger charge is -2.10. The zero-order chi connectivity index (χ0) is 12.1. The lowest BCUT2D eigenvalue weighted by atomic mass is 10.0. The predicted octanol–water partition coefficient (Wildman–Crippen LogP) is 2.42. The van der Waals surface area contributed by atoms with Crippen LogP contribution in [-0.2, 0) is 19.9 Å². The van der Waals surface area contributed by atoms with Crippen LogP contribution in [0, 0.1) is 5.92 Å². The number of aromatic nitrogens is 2. The van der Waals surface area contributed by atoms with Crippen molar-refractivity contribution in [2.24, 2.45) is 13.0 Å². The highest BCUT2D eigenvalue weighted by molar-refractivity contribution is 6.31. The van der Waals surface area contributed by atoms with Gasteiger partial charge in [-0.05, 0) is 38.8 Å². The molecule has 3 nitrogen and oxygen atoms in total. The minimum absolute atomic E-state index is 0.668. The fraction of sp³-hybridized carbons (Fsp3) is 0.750. The second-order valence-electron chi connectivity index (χ2n) is 4.39. The first-order chi connectivity index (χ1) is 7.60. The third kappa shape index (κ3) is 3.22. The van der Waals surface area contributed by atoms with Crippen LogP contribution in [0.5, 0.6) is 0 Å². The maximum atomic E-state index is 6.29. The number of halogens is 1. The zero-order valence-electron chi connectivity index (χ0n) is 10.7. The van der Waals surface area contributed by atoms with Gasteiger partial charge in [0, 0.05) is 7.05 Å². The average molecular weight is 244 g/mol. The third-order valence-corrected chi connectivity index (χ3v) is 3.37. The Balaban J connectivity index is 2.63. The lowest BCUT2D eigenvalue weighted by molar-refractivity contribution is 0.495. The van der Waals surface area contributed by atoms with Crippen molar-refractivity contribution >= 4 is 11.6 Å². The second kappa shape index (κ2) is 6.26. The average Bonchev–Trinajstić information content (AvgIpc) is 2.52. The first-order valence-corrected chi connectivity index (χ1v) is 6.32. The van der Waals surface area contributed by atoms with Gasteiger partial charge >= 0.3 is 0 Å². The van der Waals surface area contributed by atoms with E-state index in [4.69, 9.17) is 11.6 Å². The first-order valence-electron chi connectivity index (χ1n) is 5.95. The normalized spacial score (nSPS) is 13.1. The van der Waals surface area contributed by atoms with Crippen molar-refractivity contribution in [2.75, 3.05) is 13.6 Å². The van der Waals surface area contributed by atoms with Crippen molar-refractivity contribution in [3.05, 3.63) is 16.4 Å². The van der Waals surface area contributed by atoms with E-state index in [1.54, 1.807) is 0 Å². The van der Waals surface area contributed by atoms with Crippen molar-refractivity contribution in [1.29, 1.82) is 0 Å². The van der Waals surface area contributed by atoms with Crippen LogP contribution in [0.3, 0.4) is 0 Å². The smallest absolute Gasteiger partial charge is 0.0849 e. The van der Waals surface area contributed by atoms with Crippen LogP contribution in [0.25, 0.3) is 0 Å². The first kappa shape index (κ1) is 13.5. The van der Waals surface area contributed by atoms with E-state index in [-0.39, 0.29) is 0 Å². The SMILES string of the molecule is CCc1nn(C)c(CCC(C)CNC)c1Cl. The van der Waals surface area contributed by atoms with E-state index in [0.717, 1.165) is 36.5 Å². The number of aryl methyl sites for hydroxylation is 2. The molecule has 0 aromatic carbocycles. The summed E-state index contributed by atoms with van der Waals surface area (Å²) in [7, 11) is 3.96. The summed E-state index contributed by atoms with van der Waals surface area (Å²) >= 11 is 6.29. The highest BCUT2D eigenvalue weighted by Gasteiger charge is 2.13. The van der Waals surface area contributed by atoms with Gasteiger partial charge in [0.15, 0.2) is 0 Å². The molecule has 0 aliphatic heterocycles. The van der Waals surface area contributed by atoms with E-state index in [2.05, 4.69) is 24.3 Å². The Morgan fingerprint density at radius 2 is 2.19 bits per heavy atom. The minimum atomic E-state index is 0.668. The molecule has 0 bridgehead atoms. The molecule has 1 N–H and O–H groups in total. The molecule has 0 spiro atoms. The van der Waals surface area contributed by atoms with Gasteiger partial charge in [0.1, 0.15) is 0 Å². The molecule has 1 unspecified atom stereocenters. The number of rotatable bonds is 6. The van der Waals surface area contributed by atoms with E-state index in [0.29, 0.717) is 5.92 Å². The fourth-order valence-corrected chi connectivity index (χ4v) is 2.31. The Labute approximate surface area is 103 Å². The molecule has 0 saturated carbocycles. The summed E-state index contributed by atoms with van der Waals surface area (Å²) in [5.41, 5.74) is 2.18. The fourth-order valence-electron chi connectivity index (χ4n) is 1.93. The van der Waals surface area contributed by atoms with Crippen LogP contribution in [0.4, 0.5) is 0 Å². The van der Waals surface area contributed by atoms with Gasteiger partial charge in [0.05, 0.1) is 16.4 Å². The van der Waals surface area contributed by atoms with Crippen molar-refractivity contribution in [1.82, 2.24) is 15.1 Å². The van der Waals surface area contributed by atoms with Gasteiger partial charge in [-0.2, -0.15) is 5.10 Å². The largest absolute Gasteiger partial charge is 0.319 e. The van der Waals surface area contributed by atoms with Crippen molar-refractivity contribution in [2.45, 2.75) is 33.1 Å². The van der Waals surface area contributed by atoms with Crippen LogP contribution in [0.2, 0.25) is 5.02 Å². The summed E-state index contributed by atoms with van der Waals surface area (Å²) in [6, 6.07) is 0. The predicted molar refractivity (Wildman–Crippen MR) is 69.0 cm³/mol. The van der Waals surface area contributed by atoms with E-state index in [1.807, 2.05) is 18.8 Å². The van der Waals surface area contributed by atoms with Gasteiger partial charge in [-0.25, -0.2) is 0 Å². The Morgan fingerprint density at radius 3 is 2.69 bits per heavy atom. The molecule has 1 rings (SSSR count). The Bertz CT molecular complexity index is 333. The second-order valence-corrected chi connectivity index (χ2v) is 4.76. The number of nitrogens with one attached hydrogen (secondary N) is 1. The molecule has 0 amide bonds. The van der Waals surface area contributed by atoms with E-state index in [9.17, 15) is 0 Å². The van der Waals surface area contributed by atoms with Crippen LogP contribution < -0.4 is 5.32 Å². The summed E-state index contributed by atoms with van der Waals surface area (Å²) in [4.78, 5) is 0. The Morgan fingerprint density at radius 1 is 1.50 bits per heavy atom. The molecule has 0 aliphatic rings. The molecule has 0 saturated heterocycles. The standard InChI is InChI=1S/C12H22ClN3/c1-5-10-12(13)11(16(4)15-10)7-6-9(2)8-14-3/h9,14H,5-8H2,1-4H3. The molecular formula is C12H22ClN3. The molecular weight excluding hydrogens is 222 g/mol. The van der Waals surface area contributed by atoms with Gasteiger partial charge in [0.25, 0.3) is 0 Å². The van der Waals surface area contributed by atoms with Crippen molar-refractivity contribution in [3.8, 4) is 0 Å². The molecule has 4 heteroatoms. The molecule has 1 heterocycles. The van der Waals surface area contributed by atoms with Gasteiger partial charge in [-0.1, -0.05) is 25.4 Å². The molecule has 0 aliphatic carbocycles. The molecule has 0 fully saturated rings. The summed E-state index contributed by atoms with van der Waals surface area (Å²) < 4.78 is 1.92. The third-order valence-electron chi connectivity index (χ3n) is 2.93. The van der Waals surface area contributed by atoms with Crippen LogP contribution in [0.1, 0.15) is 31.7 Å². The summed E-state index contributed by atoms with van der Waals surface area (Å²) in [6.07, 6.45) is 3.05. The van der Waals surface area contributed by atoms with Crippen LogP contribution in [-0.4, -0.2) is 23.4 Å². The zero-order valence-corrected chi connectivity index (χ0v) is 11.4. The van der Waals surface area contributed by atoms with Crippen molar-refractivity contribution in [3.63, 3.8) is 0 Å². The molecule has 1 aromatic rings. The highest BCUT2D eigenvalue weighted by atomic mass is 35.5. The van der Waals surface area contributed by atoms with E-state index in [1.165, 1.54) is 5.69 Å². The maximum absolute atomic E-state index is 6.29. The van der Waals surface area contributed by atoms with Gasteiger partial charge in [-0.15, -0.1) is 0 Å². The van der Waals surface area contributed by atoms with Gasteiger partial charge in [0.2, 0.25) is 0 Å². The molecule has 1 aromatic heterocycles. The Hall–Kier alpha value is -0.540. The van der Waals surface area contributed by atoms with Crippen LogP contribution >= 0.6 is 11.6 Å². The lowest BCUT2D eigenvalue weighted by Crippen LogP contribution is -2.17. The molecule has 0 radical (unpaired) electrons. The van der Waals surface area contributed by atoms with Crippen molar-refractivity contribution < 1.29 is 0 Å². The number of nitrogens with zero attached hydrogens (tertiary/aromatic N) is 2. The van der Waals surface area contributed by atoms with Crippen LogP contribution in [0.15, 0.2) is 0 Å². The molecule has 92 valence electrons. The van der Waals surface area contributed by atoms with E-state index >= 15 is 0 Å². The number of hydrogen-bond donors (Lipinski definition) is 1. The summed E-state index contributed by atoms with van der Waals surface area (Å²) in [5, 5.41) is 8.48. The molecule has 16 heavy (non-hydrogen) atoms. The topological polar surface area (TPSA) is 29.9 Å². The van der Waals surface area contributed by atoms with E-state index < -0.39 is 0 Å². The summed E-state index contributed by atoms with van der Waals surface area (Å²) in [5.74, 6) is 0.668. The van der Waals surface area contributed by atoms with Gasteiger partial charge in [-0.3, -0.25) is 4.68 Å². The minimum Gasteiger partial charge on any atom is -0.319 e. The number of hydrogen-bond acceptors (Lipinski definition) is 2. The monoisotopic (exact) mass is 243 g/mol. The quantitative estimate of drug-likeness (QED) is 0.832. The molecule has 1 atom stereocenters.